The minimum Gasteiger partial charge on any atom is -0.543 e. The van der Waals surface area contributed by atoms with Gasteiger partial charge in [0.25, 0.3) is 5.91 Å². The van der Waals surface area contributed by atoms with Gasteiger partial charge in [-0.2, -0.15) is 0 Å². The first-order valence-electron chi connectivity index (χ1n) is 11.0. The van der Waals surface area contributed by atoms with Crippen LogP contribution in [0.1, 0.15) is 19.3 Å². The molecule has 4 heterocycles. The zero-order valence-electron chi connectivity index (χ0n) is 19.1. The van der Waals surface area contributed by atoms with E-state index in [0.29, 0.717) is 40.9 Å². The van der Waals surface area contributed by atoms with E-state index in [1.54, 1.807) is 24.5 Å². The number of thioether (sulfide) groups is 2. The number of carboxylic acid groups (broad SMARTS) is 1. The zero-order valence-corrected chi connectivity index (χ0v) is 22.8. The summed E-state index contributed by atoms with van der Waals surface area (Å²) < 4.78 is 0. The maximum absolute atomic E-state index is 12.8. The van der Waals surface area contributed by atoms with Gasteiger partial charge in [-0.15, -0.1) is 11.8 Å². The van der Waals surface area contributed by atoms with Crippen molar-refractivity contribution in [2.75, 3.05) is 24.6 Å². The van der Waals surface area contributed by atoms with E-state index in [9.17, 15) is 24.3 Å². The maximum atomic E-state index is 12.8. The Morgan fingerprint density at radius 3 is 2.69 bits per heavy atom. The third-order valence-electron chi connectivity index (χ3n) is 6.12. The second-order valence-corrected chi connectivity index (χ2v) is 10.6. The number of fused-ring (bicyclic) bond motifs is 1. The number of hydrogen-bond acceptors (Lipinski definition) is 9. The number of nitrogens with one attached hydrogen (secondary N) is 1. The summed E-state index contributed by atoms with van der Waals surface area (Å²) >= 11 is 2.50. The van der Waals surface area contributed by atoms with Crippen molar-refractivity contribution in [1.82, 2.24) is 25.1 Å². The predicted octanol–water partition coefficient (Wildman–Crippen LogP) is -3.45. The summed E-state index contributed by atoms with van der Waals surface area (Å²) in [5, 5.41) is 14.6. The molecule has 3 aliphatic heterocycles. The Labute approximate surface area is 232 Å². The van der Waals surface area contributed by atoms with Gasteiger partial charge in [0.2, 0.25) is 11.8 Å². The minimum absolute atomic E-state index is 0. The van der Waals surface area contributed by atoms with Crippen LogP contribution in [0.5, 0.6) is 0 Å². The van der Waals surface area contributed by atoms with Crippen molar-refractivity contribution in [3.63, 3.8) is 0 Å². The van der Waals surface area contributed by atoms with Gasteiger partial charge < -0.3 is 20.1 Å². The average Bonchev–Trinajstić information content (AvgIpc) is 3.60. The van der Waals surface area contributed by atoms with Crippen LogP contribution in [-0.2, 0) is 19.2 Å². The number of nitrogens with zero attached hydrogens (tertiary/aromatic N) is 4. The molecule has 10 nitrogen and oxygen atoms in total. The van der Waals surface area contributed by atoms with Gasteiger partial charge in [-0.1, -0.05) is 11.8 Å². The molecule has 0 spiro atoms. The number of β-lactam (4-membered cyclic amide) rings is 1. The summed E-state index contributed by atoms with van der Waals surface area (Å²) in [5.41, 5.74) is 0.742. The number of carbonyl (C=O) groups is 4. The van der Waals surface area contributed by atoms with Gasteiger partial charge in [0.15, 0.2) is 5.16 Å². The molecule has 2 atom stereocenters. The van der Waals surface area contributed by atoms with Crippen molar-refractivity contribution in [3.8, 4) is 0 Å². The maximum Gasteiger partial charge on any atom is 1.00 e. The summed E-state index contributed by atoms with van der Waals surface area (Å²) in [6.45, 7) is 1.38. The molecular formula is C22H22N5NaO5S2. The minimum atomic E-state index is -1.47. The number of hydrogen-bond donors (Lipinski definition) is 1. The third kappa shape index (κ3) is 5.61. The number of likely N-dealkylation sites (tertiary alicyclic amines) is 1. The molecule has 13 heteroatoms. The zero-order chi connectivity index (χ0) is 23.8. The first-order chi connectivity index (χ1) is 16.4. The second-order valence-electron chi connectivity index (χ2n) is 8.55. The number of aromatic nitrogens is 2. The Kier molecular flexibility index (Phi) is 8.26. The van der Waals surface area contributed by atoms with E-state index in [0.717, 1.165) is 36.0 Å². The van der Waals surface area contributed by atoms with E-state index in [-0.39, 0.29) is 52.8 Å². The molecule has 1 aromatic heterocycles. The summed E-state index contributed by atoms with van der Waals surface area (Å²) in [5.74, 6) is -1.49. The summed E-state index contributed by atoms with van der Waals surface area (Å²) in [6.07, 6.45) is 7.61. The number of carboxylic acids is 1. The quantitative estimate of drug-likeness (QED) is 0.121. The van der Waals surface area contributed by atoms with Crippen LogP contribution in [-0.4, -0.2) is 79.5 Å². The number of allylic oxidation sites excluding steroid dienone is 1. The molecule has 0 unspecified atom stereocenters. The number of carbonyl (C=O) groups excluding carboxylic acids is 4. The van der Waals surface area contributed by atoms with E-state index in [2.05, 4.69) is 15.3 Å². The SMILES string of the molecule is O=C(CSc1ncccn1)N[C@@H]1C(=O)N2C(C(=O)[O-])=C(/C=C3\CCN(CC4CC4)C3=O)CS[C@H]12.[Na+]. The van der Waals surface area contributed by atoms with Gasteiger partial charge in [0, 0.05) is 36.8 Å². The Morgan fingerprint density at radius 1 is 1.26 bits per heavy atom. The van der Waals surface area contributed by atoms with Crippen molar-refractivity contribution in [2.45, 2.75) is 35.8 Å². The summed E-state index contributed by atoms with van der Waals surface area (Å²) in [6, 6.07) is 0.853. The normalized spacial score (nSPS) is 24.7. The topological polar surface area (TPSA) is 136 Å². The van der Waals surface area contributed by atoms with Crippen LogP contribution in [0.25, 0.3) is 0 Å². The Bertz CT molecular complexity index is 1110. The number of aliphatic carboxylic acids is 1. The first kappa shape index (κ1) is 26.2. The van der Waals surface area contributed by atoms with Gasteiger partial charge in [0.05, 0.1) is 17.4 Å². The standard InChI is InChI=1S/C22H23N5O5S2.Na/c28-15(11-34-22-23-5-1-6-24-22)25-16-19(30)27-17(21(31)32)14(10-33-20(16)27)8-13-4-7-26(18(13)29)9-12-2-3-12;/h1,5-6,8,12,16,20H,2-4,7,9-11H2,(H,25,28)(H,31,32);/q;+1/p-1/b13-8+;/t16-,20-;/m1./s1. The van der Waals surface area contributed by atoms with E-state index in [4.69, 9.17) is 0 Å². The summed E-state index contributed by atoms with van der Waals surface area (Å²) in [7, 11) is 0. The first-order valence-corrected chi connectivity index (χ1v) is 13.0. The van der Waals surface area contributed by atoms with Crippen LogP contribution in [0.3, 0.4) is 0 Å². The molecule has 5 rings (SSSR count). The largest absolute Gasteiger partial charge is 1.00 e. The average molecular weight is 524 g/mol. The van der Waals surface area contributed by atoms with Gasteiger partial charge in [-0.3, -0.25) is 19.3 Å². The van der Waals surface area contributed by atoms with Crippen LogP contribution in [0.2, 0.25) is 0 Å². The molecule has 0 radical (unpaired) electrons. The number of amides is 3. The van der Waals surface area contributed by atoms with Crippen molar-refractivity contribution in [1.29, 1.82) is 0 Å². The van der Waals surface area contributed by atoms with Crippen LogP contribution in [0, 0.1) is 5.92 Å². The van der Waals surface area contributed by atoms with Crippen molar-refractivity contribution >= 4 is 47.2 Å². The molecule has 1 N–H and O–H groups in total. The molecule has 3 fully saturated rings. The molecular weight excluding hydrogens is 501 g/mol. The Balaban J connectivity index is 0.00000289. The van der Waals surface area contributed by atoms with Gasteiger partial charge in [-0.25, -0.2) is 9.97 Å². The molecule has 178 valence electrons. The van der Waals surface area contributed by atoms with Crippen molar-refractivity contribution in [3.05, 3.63) is 41.4 Å². The molecule has 1 aliphatic carbocycles. The Morgan fingerprint density at radius 2 is 2.00 bits per heavy atom. The molecule has 0 bridgehead atoms. The Hall–Kier alpha value is -1.86. The van der Waals surface area contributed by atoms with Gasteiger partial charge in [-0.05, 0) is 42.9 Å². The van der Waals surface area contributed by atoms with Gasteiger partial charge >= 0.3 is 29.6 Å². The van der Waals surface area contributed by atoms with Crippen LogP contribution in [0.4, 0.5) is 0 Å². The molecule has 2 saturated heterocycles. The second kappa shape index (κ2) is 11.0. The van der Waals surface area contributed by atoms with E-state index in [1.807, 2.05) is 4.90 Å². The smallest absolute Gasteiger partial charge is 0.543 e. The van der Waals surface area contributed by atoms with Crippen molar-refractivity contribution < 1.29 is 53.8 Å². The summed E-state index contributed by atoms with van der Waals surface area (Å²) in [4.78, 5) is 60.8. The van der Waals surface area contributed by atoms with Crippen LogP contribution in [0.15, 0.2) is 46.5 Å². The molecule has 3 amide bonds. The van der Waals surface area contributed by atoms with E-state index >= 15 is 0 Å². The van der Waals surface area contributed by atoms with Crippen molar-refractivity contribution in [2.24, 2.45) is 5.92 Å². The monoisotopic (exact) mass is 523 g/mol. The molecule has 0 aromatic carbocycles. The fourth-order valence-corrected chi connectivity index (χ4v) is 6.17. The molecule has 1 saturated carbocycles. The fourth-order valence-electron chi connectivity index (χ4n) is 4.25. The molecule has 35 heavy (non-hydrogen) atoms. The van der Waals surface area contributed by atoms with E-state index in [1.165, 1.54) is 11.8 Å². The van der Waals surface area contributed by atoms with Crippen LogP contribution < -0.4 is 40.0 Å². The fraction of sp³-hybridized carbons (Fsp3) is 0.455. The molecule has 1 aromatic rings. The van der Waals surface area contributed by atoms with Gasteiger partial charge in [0.1, 0.15) is 11.4 Å². The predicted molar refractivity (Wildman–Crippen MR) is 122 cm³/mol. The third-order valence-corrected chi connectivity index (χ3v) is 8.30. The molecule has 4 aliphatic rings. The number of rotatable bonds is 8. The van der Waals surface area contributed by atoms with Crippen LogP contribution >= 0.6 is 23.5 Å². The van der Waals surface area contributed by atoms with E-state index < -0.39 is 23.3 Å².